The number of hydrogen-bond donors (Lipinski definition) is 1. The molecule has 0 saturated carbocycles. The Balaban J connectivity index is 2.50. The van der Waals surface area contributed by atoms with Gasteiger partial charge in [-0.05, 0) is 33.1 Å². The summed E-state index contributed by atoms with van der Waals surface area (Å²) in [5.74, 6) is -0.745. The number of ether oxygens (including phenoxy) is 1. The lowest BCUT2D eigenvalue weighted by atomic mass is 9.92. The number of amides is 1. The third kappa shape index (κ3) is 5.47. The van der Waals surface area contributed by atoms with Crippen molar-refractivity contribution < 1.29 is 17.9 Å². The first kappa shape index (κ1) is 15.8. The van der Waals surface area contributed by atoms with E-state index in [1.54, 1.807) is 20.8 Å². The van der Waals surface area contributed by atoms with Gasteiger partial charge in [0.2, 0.25) is 0 Å². The molecule has 0 unspecified atom stereocenters. The molecule has 0 aromatic carbocycles. The Labute approximate surface area is 114 Å². The fraction of sp³-hybridized carbons (Fsp3) is 0.833. The lowest BCUT2D eigenvalue weighted by molar-refractivity contribution is 0.0515. The van der Waals surface area contributed by atoms with E-state index in [-0.39, 0.29) is 24.0 Å². The lowest BCUT2D eigenvalue weighted by Crippen LogP contribution is -2.41. The molecule has 6 nitrogen and oxygen atoms in total. The molecular formula is C12H20N2O4S. The summed E-state index contributed by atoms with van der Waals surface area (Å²) in [6, 6.07) is 2.01. The molecule has 0 aliphatic carbocycles. The molecule has 0 bridgehead atoms. The van der Waals surface area contributed by atoms with Crippen LogP contribution in [0.2, 0.25) is 0 Å². The summed E-state index contributed by atoms with van der Waals surface area (Å²) in [5, 5.41) is 11.6. The summed E-state index contributed by atoms with van der Waals surface area (Å²) >= 11 is 0. The summed E-state index contributed by atoms with van der Waals surface area (Å²) in [7, 11) is -3.11. The predicted octanol–water partition coefficient (Wildman–Crippen LogP) is 1.09. The van der Waals surface area contributed by atoms with E-state index in [9.17, 15) is 13.2 Å². The zero-order chi connectivity index (χ0) is 14.7. The van der Waals surface area contributed by atoms with E-state index in [2.05, 4.69) is 5.32 Å². The van der Waals surface area contributed by atoms with Crippen molar-refractivity contribution in [2.45, 2.75) is 32.8 Å². The van der Waals surface area contributed by atoms with E-state index in [0.717, 1.165) is 0 Å². The molecule has 1 rings (SSSR count). The molecule has 0 radical (unpaired) electrons. The summed E-state index contributed by atoms with van der Waals surface area (Å²) in [6.07, 6.45) is -0.145. The van der Waals surface area contributed by atoms with Crippen molar-refractivity contribution in [1.29, 1.82) is 5.26 Å². The van der Waals surface area contributed by atoms with Gasteiger partial charge in [0.25, 0.3) is 0 Å². The van der Waals surface area contributed by atoms with Gasteiger partial charge in [0.05, 0.1) is 23.5 Å². The lowest BCUT2D eigenvalue weighted by Gasteiger charge is -2.27. The average molecular weight is 288 g/mol. The Kier molecular flexibility index (Phi) is 4.80. The number of nitrogens with zero attached hydrogens (tertiary/aromatic N) is 1. The molecule has 1 heterocycles. The third-order valence-corrected chi connectivity index (χ3v) is 4.60. The average Bonchev–Trinajstić information content (AvgIpc) is 2.24. The van der Waals surface area contributed by atoms with Gasteiger partial charge in [-0.2, -0.15) is 5.26 Å². The summed E-state index contributed by atoms with van der Waals surface area (Å²) in [4.78, 5) is 11.5. The molecule has 1 amide bonds. The van der Waals surface area contributed by atoms with Crippen LogP contribution in [0, 0.1) is 23.2 Å². The summed E-state index contributed by atoms with van der Waals surface area (Å²) < 4.78 is 27.9. The van der Waals surface area contributed by atoms with E-state index < -0.39 is 27.4 Å². The first-order chi connectivity index (χ1) is 8.63. The van der Waals surface area contributed by atoms with Gasteiger partial charge in [0.1, 0.15) is 5.60 Å². The van der Waals surface area contributed by atoms with Crippen LogP contribution in [-0.4, -0.2) is 38.2 Å². The van der Waals surface area contributed by atoms with Crippen LogP contribution >= 0.6 is 0 Å². The second-order valence-electron chi connectivity index (χ2n) is 5.78. The maximum absolute atomic E-state index is 11.5. The van der Waals surface area contributed by atoms with Crippen molar-refractivity contribution in [2.75, 3.05) is 18.1 Å². The van der Waals surface area contributed by atoms with Gasteiger partial charge < -0.3 is 10.1 Å². The Morgan fingerprint density at radius 1 is 1.47 bits per heavy atom. The van der Waals surface area contributed by atoms with Gasteiger partial charge in [-0.3, -0.25) is 0 Å². The quantitative estimate of drug-likeness (QED) is 0.820. The number of alkyl carbamates (subject to hydrolysis) is 1. The minimum atomic E-state index is -3.11. The number of rotatable bonds is 2. The molecule has 108 valence electrons. The van der Waals surface area contributed by atoms with Crippen molar-refractivity contribution >= 4 is 15.9 Å². The van der Waals surface area contributed by atoms with Crippen molar-refractivity contribution in [3.8, 4) is 6.07 Å². The zero-order valence-corrected chi connectivity index (χ0v) is 12.3. The van der Waals surface area contributed by atoms with E-state index in [1.807, 2.05) is 6.07 Å². The maximum atomic E-state index is 11.5. The van der Waals surface area contributed by atoms with Crippen LogP contribution < -0.4 is 5.32 Å². The van der Waals surface area contributed by atoms with Crippen molar-refractivity contribution in [3.05, 3.63) is 0 Å². The maximum Gasteiger partial charge on any atom is 0.407 e. The van der Waals surface area contributed by atoms with E-state index in [0.29, 0.717) is 6.42 Å². The molecule has 1 saturated heterocycles. The number of hydrogen-bond acceptors (Lipinski definition) is 5. The van der Waals surface area contributed by atoms with E-state index in [1.165, 1.54) is 0 Å². The van der Waals surface area contributed by atoms with Crippen molar-refractivity contribution in [1.82, 2.24) is 5.32 Å². The number of nitrogens with one attached hydrogen (secondary N) is 1. The van der Waals surface area contributed by atoms with Gasteiger partial charge >= 0.3 is 6.09 Å². The molecule has 1 N–H and O–H groups in total. The summed E-state index contributed by atoms with van der Waals surface area (Å²) in [6.45, 7) is 5.55. The fourth-order valence-electron chi connectivity index (χ4n) is 1.94. The van der Waals surface area contributed by atoms with Gasteiger partial charge in [0, 0.05) is 6.54 Å². The Bertz CT molecular complexity index is 473. The first-order valence-corrected chi connectivity index (χ1v) is 8.02. The fourth-order valence-corrected chi connectivity index (χ4v) is 3.66. The van der Waals surface area contributed by atoms with E-state index in [4.69, 9.17) is 10.00 Å². The number of carbonyl (C=O) groups excluding carboxylic acids is 1. The second-order valence-corrected chi connectivity index (χ2v) is 8.01. The molecule has 7 heteroatoms. The van der Waals surface area contributed by atoms with Gasteiger partial charge in [0.15, 0.2) is 9.84 Å². The Morgan fingerprint density at radius 3 is 2.63 bits per heavy atom. The SMILES string of the molecule is CC(C)(C)OC(=O)NC[C@@H]1CCS(=O)(=O)C[C@@H]1C#N. The normalized spacial score (nSPS) is 26.2. The molecule has 1 aliphatic rings. The summed E-state index contributed by atoms with van der Waals surface area (Å²) in [5.41, 5.74) is -0.575. The van der Waals surface area contributed by atoms with Gasteiger partial charge in [-0.25, -0.2) is 13.2 Å². The largest absolute Gasteiger partial charge is 0.444 e. The minimum absolute atomic E-state index is 0.0752. The number of sulfone groups is 1. The van der Waals surface area contributed by atoms with Crippen LogP contribution in [0.25, 0.3) is 0 Å². The molecule has 2 atom stereocenters. The molecular weight excluding hydrogens is 268 g/mol. The topological polar surface area (TPSA) is 96.3 Å². The highest BCUT2D eigenvalue weighted by Crippen LogP contribution is 2.24. The van der Waals surface area contributed by atoms with Crippen LogP contribution in [0.5, 0.6) is 0 Å². The smallest absolute Gasteiger partial charge is 0.407 e. The molecule has 0 aromatic rings. The monoisotopic (exact) mass is 288 g/mol. The van der Waals surface area contributed by atoms with Crippen molar-refractivity contribution in [2.24, 2.45) is 11.8 Å². The third-order valence-electron chi connectivity index (χ3n) is 2.88. The number of carbonyl (C=O) groups is 1. The molecule has 1 aliphatic heterocycles. The minimum Gasteiger partial charge on any atom is -0.444 e. The van der Waals surface area contributed by atoms with Crippen molar-refractivity contribution in [3.63, 3.8) is 0 Å². The van der Waals surface area contributed by atoms with E-state index >= 15 is 0 Å². The Morgan fingerprint density at radius 2 is 2.11 bits per heavy atom. The van der Waals surface area contributed by atoms with Gasteiger partial charge in [-0.1, -0.05) is 0 Å². The van der Waals surface area contributed by atoms with Crippen LogP contribution in [0.15, 0.2) is 0 Å². The van der Waals surface area contributed by atoms with Gasteiger partial charge in [-0.15, -0.1) is 0 Å². The highest BCUT2D eigenvalue weighted by Gasteiger charge is 2.33. The van der Waals surface area contributed by atoms with Crippen LogP contribution in [0.1, 0.15) is 27.2 Å². The molecule has 19 heavy (non-hydrogen) atoms. The molecule has 1 fully saturated rings. The standard InChI is InChI=1S/C12H20N2O4S/c1-12(2,3)18-11(15)14-7-9-4-5-19(16,17)8-10(9)6-13/h9-10H,4-5,7-8H2,1-3H3,(H,14,15)/t9-,10-/m0/s1. The second kappa shape index (κ2) is 5.78. The highest BCUT2D eigenvalue weighted by atomic mass is 32.2. The molecule has 0 spiro atoms. The van der Waals surface area contributed by atoms with Crippen LogP contribution in [-0.2, 0) is 14.6 Å². The number of nitriles is 1. The molecule has 0 aromatic heterocycles. The first-order valence-electron chi connectivity index (χ1n) is 6.20. The predicted molar refractivity (Wildman–Crippen MR) is 70.1 cm³/mol. The Hall–Kier alpha value is -1.29. The zero-order valence-electron chi connectivity index (χ0n) is 11.5. The highest BCUT2D eigenvalue weighted by molar-refractivity contribution is 7.91. The van der Waals surface area contributed by atoms with Crippen LogP contribution in [0.3, 0.4) is 0 Å². The van der Waals surface area contributed by atoms with Crippen LogP contribution in [0.4, 0.5) is 4.79 Å².